The third-order valence-electron chi connectivity index (χ3n) is 5.35. The molecule has 9 heteroatoms. The number of carbonyl (C=O) groups excluding carboxylic acids is 1. The van der Waals surface area contributed by atoms with Crippen LogP contribution in [0.15, 0.2) is 34.1 Å². The van der Waals surface area contributed by atoms with Gasteiger partial charge in [0.1, 0.15) is 6.54 Å². The molecular weight excluding hydrogens is 360 g/mol. The number of aryl methyl sites for hydroxylation is 2. The van der Waals surface area contributed by atoms with Gasteiger partial charge in [0.2, 0.25) is 5.91 Å². The Morgan fingerprint density at radius 2 is 2.07 bits per heavy atom. The summed E-state index contributed by atoms with van der Waals surface area (Å²) in [4.78, 5) is 41.4. The Kier molecular flexibility index (Phi) is 4.29. The Bertz CT molecular complexity index is 1200. The van der Waals surface area contributed by atoms with Gasteiger partial charge in [0.15, 0.2) is 11.2 Å². The Morgan fingerprint density at radius 1 is 1.29 bits per heavy atom. The zero-order valence-electron chi connectivity index (χ0n) is 15.8. The van der Waals surface area contributed by atoms with E-state index in [1.54, 1.807) is 7.05 Å². The molecule has 3 aromatic rings. The van der Waals surface area contributed by atoms with Crippen LogP contribution in [-0.2, 0) is 31.9 Å². The topological polar surface area (TPSA) is 117 Å². The third kappa shape index (κ3) is 2.88. The van der Waals surface area contributed by atoms with Gasteiger partial charge in [-0.3, -0.25) is 18.7 Å². The van der Waals surface area contributed by atoms with Crippen LogP contribution in [0.4, 0.5) is 5.69 Å². The second-order valence-electron chi connectivity index (χ2n) is 7.22. The average Bonchev–Trinajstić information content (AvgIpc) is 3.08. The highest BCUT2D eigenvalue weighted by atomic mass is 16.2. The zero-order valence-corrected chi connectivity index (χ0v) is 15.8. The number of anilines is 1. The Balaban J connectivity index is 1.61. The molecule has 0 saturated heterocycles. The van der Waals surface area contributed by atoms with Crippen molar-refractivity contribution in [2.75, 3.05) is 5.73 Å². The van der Waals surface area contributed by atoms with Crippen molar-refractivity contribution in [3.63, 3.8) is 0 Å². The van der Waals surface area contributed by atoms with Gasteiger partial charge in [0.25, 0.3) is 5.56 Å². The van der Waals surface area contributed by atoms with E-state index in [0.29, 0.717) is 0 Å². The van der Waals surface area contributed by atoms with Crippen LogP contribution in [0.25, 0.3) is 11.2 Å². The fraction of sp³-hybridized carbons (Fsp3) is 0.368. The highest BCUT2D eigenvalue weighted by molar-refractivity contribution is 5.79. The minimum absolute atomic E-state index is 0.0508. The largest absolute Gasteiger partial charge is 0.399 e. The van der Waals surface area contributed by atoms with Crippen LogP contribution >= 0.6 is 0 Å². The first-order valence-electron chi connectivity index (χ1n) is 9.15. The first kappa shape index (κ1) is 18.0. The van der Waals surface area contributed by atoms with Crippen molar-refractivity contribution in [2.45, 2.75) is 31.8 Å². The first-order valence-corrected chi connectivity index (χ1v) is 9.15. The molecule has 1 amide bonds. The molecule has 9 nitrogen and oxygen atoms in total. The smallest absolute Gasteiger partial charge is 0.332 e. The molecular formula is C19H22N6O3. The standard InChI is InChI=1S/C19H22N6O3/c1-23-17-16(18(27)24(2)19(23)28)25(10-21-17)9-15(26)22-14-5-3-4-11-8-12(20)6-7-13(11)14/h6-8,10,14H,3-5,9,20H2,1-2H3,(H,22,26). The molecule has 0 aliphatic heterocycles. The van der Waals surface area contributed by atoms with Crippen molar-refractivity contribution in [3.8, 4) is 0 Å². The molecule has 28 heavy (non-hydrogen) atoms. The van der Waals surface area contributed by atoms with E-state index >= 15 is 0 Å². The SMILES string of the molecule is Cn1c(=O)c2c(ncn2CC(=O)NC2CCCc3cc(N)ccc32)n(C)c1=O. The van der Waals surface area contributed by atoms with Crippen LogP contribution in [0, 0.1) is 0 Å². The number of hydrogen-bond acceptors (Lipinski definition) is 5. The molecule has 4 rings (SSSR count). The Morgan fingerprint density at radius 3 is 2.86 bits per heavy atom. The van der Waals surface area contributed by atoms with Crippen LogP contribution < -0.4 is 22.3 Å². The number of nitrogens with zero attached hydrogens (tertiary/aromatic N) is 4. The van der Waals surface area contributed by atoms with E-state index in [-0.39, 0.29) is 29.7 Å². The number of nitrogens with two attached hydrogens (primary N) is 1. The van der Waals surface area contributed by atoms with Crippen molar-refractivity contribution in [3.05, 3.63) is 56.5 Å². The molecule has 0 fully saturated rings. The predicted molar refractivity (Wildman–Crippen MR) is 105 cm³/mol. The van der Waals surface area contributed by atoms with Crippen LogP contribution in [-0.4, -0.2) is 24.6 Å². The van der Waals surface area contributed by atoms with E-state index < -0.39 is 11.2 Å². The van der Waals surface area contributed by atoms with E-state index in [0.717, 1.165) is 40.6 Å². The zero-order chi connectivity index (χ0) is 20.0. The molecule has 1 aromatic carbocycles. The van der Waals surface area contributed by atoms with Crippen LogP contribution in [0.1, 0.15) is 30.0 Å². The number of amides is 1. The summed E-state index contributed by atoms with van der Waals surface area (Å²) in [5.74, 6) is -0.218. The maximum Gasteiger partial charge on any atom is 0.332 e. The molecule has 2 aromatic heterocycles. The van der Waals surface area contributed by atoms with Gasteiger partial charge in [-0.15, -0.1) is 0 Å². The maximum absolute atomic E-state index is 12.7. The second-order valence-corrected chi connectivity index (χ2v) is 7.22. The van der Waals surface area contributed by atoms with E-state index in [1.165, 1.54) is 22.5 Å². The summed E-state index contributed by atoms with van der Waals surface area (Å²) >= 11 is 0. The average molecular weight is 382 g/mol. The molecule has 1 aliphatic carbocycles. The summed E-state index contributed by atoms with van der Waals surface area (Å²) in [7, 11) is 2.96. The minimum atomic E-state index is -0.470. The minimum Gasteiger partial charge on any atom is -0.399 e. The second kappa shape index (κ2) is 6.66. The number of carbonyl (C=O) groups is 1. The number of benzene rings is 1. The lowest BCUT2D eigenvalue weighted by atomic mass is 9.87. The Hall–Kier alpha value is -3.36. The molecule has 0 saturated carbocycles. The molecule has 1 atom stereocenters. The summed E-state index contributed by atoms with van der Waals surface area (Å²) < 4.78 is 3.80. The van der Waals surface area contributed by atoms with Gasteiger partial charge in [-0.1, -0.05) is 6.07 Å². The van der Waals surface area contributed by atoms with Crippen LogP contribution in [0.5, 0.6) is 0 Å². The van der Waals surface area contributed by atoms with Crippen molar-refractivity contribution < 1.29 is 4.79 Å². The number of fused-ring (bicyclic) bond motifs is 2. The molecule has 1 unspecified atom stereocenters. The molecule has 0 radical (unpaired) electrons. The van der Waals surface area contributed by atoms with Gasteiger partial charge in [-0.25, -0.2) is 9.78 Å². The van der Waals surface area contributed by atoms with Crippen molar-refractivity contribution in [1.82, 2.24) is 24.0 Å². The monoisotopic (exact) mass is 382 g/mol. The summed E-state index contributed by atoms with van der Waals surface area (Å²) in [6, 6.07) is 5.68. The molecule has 2 heterocycles. The highest BCUT2D eigenvalue weighted by Crippen LogP contribution is 2.30. The summed E-state index contributed by atoms with van der Waals surface area (Å²) in [6.07, 6.45) is 4.19. The molecule has 146 valence electrons. The number of rotatable bonds is 3. The Labute approximate surface area is 160 Å². The predicted octanol–water partition coefficient (Wildman–Crippen LogP) is 0.210. The number of hydrogen-bond donors (Lipinski definition) is 2. The van der Waals surface area contributed by atoms with Gasteiger partial charge in [-0.2, -0.15) is 0 Å². The lowest BCUT2D eigenvalue weighted by Crippen LogP contribution is -2.38. The van der Waals surface area contributed by atoms with E-state index in [4.69, 9.17) is 5.73 Å². The van der Waals surface area contributed by atoms with Crippen molar-refractivity contribution in [2.24, 2.45) is 14.1 Å². The molecule has 0 spiro atoms. The van der Waals surface area contributed by atoms with E-state index in [1.807, 2.05) is 18.2 Å². The number of nitrogens with one attached hydrogen (secondary N) is 1. The number of aromatic nitrogens is 4. The number of nitrogen functional groups attached to an aromatic ring is 1. The fourth-order valence-electron chi connectivity index (χ4n) is 3.90. The lowest BCUT2D eigenvalue weighted by molar-refractivity contribution is -0.122. The third-order valence-corrected chi connectivity index (χ3v) is 5.35. The maximum atomic E-state index is 12.7. The summed E-state index contributed by atoms with van der Waals surface area (Å²) in [5.41, 5.74) is 8.41. The van der Waals surface area contributed by atoms with Gasteiger partial charge >= 0.3 is 5.69 Å². The molecule has 3 N–H and O–H groups in total. The summed E-state index contributed by atoms with van der Waals surface area (Å²) in [5, 5.41) is 3.05. The van der Waals surface area contributed by atoms with Gasteiger partial charge in [-0.05, 0) is 42.5 Å². The molecule has 0 bridgehead atoms. The van der Waals surface area contributed by atoms with Crippen molar-refractivity contribution in [1.29, 1.82) is 0 Å². The van der Waals surface area contributed by atoms with Gasteiger partial charge in [0.05, 0.1) is 12.4 Å². The van der Waals surface area contributed by atoms with Crippen LogP contribution in [0.2, 0.25) is 0 Å². The van der Waals surface area contributed by atoms with Crippen LogP contribution in [0.3, 0.4) is 0 Å². The highest BCUT2D eigenvalue weighted by Gasteiger charge is 2.23. The van der Waals surface area contributed by atoms with Gasteiger partial charge < -0.3 is 15.6 Å². The summed E-state index contributed by atoms with van der Waals surface area (Å²) in [6.45, 7) is -0.0508. The number of imidazole rings is 1. The van der Waals surface area contributed by atoms with E-state index in [9.17, 15) is 14.4 Å². The normalized spacial score (nSPS) is 16.1. The lowest BCUT2D eigenvalue weighted by Gasteiger charge is -2.26. The quantitative estimate of drug-likeness (QED) is 0.628. The van der Waals surface area contributed by atoms with E-state index in [2.05, 4.69) is 10.3 Å². The van der Waals surface area contributed by atoms with Gasteiger partial charge in [0, 0.05) is 19.8 Å². The fourth-order valence-corrected chi connectivity index (χ4v) is 3.90. The van der Waals surface area contributed by atoms with Crippen molar-refractivity contribution >= 4 is 22.8 Å². The first-order chi connectivity index (χ1) is 13.4. The molecule has 1 aliphatic rings.